The smallest absolute Gasteiger partial charge is 0.140 e. The lowest BCUT2D eigenvalue weighted by atomic mass is 11.0. The first-order chi connectivity index (χ1) is 4.21. The van der Waals surface area contributed by atoms with Crippen molar-refractivity contribution in [2.75, 3.05) is 26.2 Å². The molecule has 0 atom stereocenters. The third kappa shape index (κ3) is 1.06. The molecule has 52 valence electrons. The summed E-state index contributed by atoms with van der Waals surface area (Å²) >= 11 is 5.26. The van der Waals surface area contributed by atoms with Crippen molar-refractivity contribution in [3.63, 3.8) is 0 Å². The molecule has 0 spiro atoms. The zero-order chi connectivity index (χ0) is 6.48. The topological polar surface area (TPSA) is 32.0 Å². The van der Waals surface area contributed by atoms with Crippen molar-refractivity contribution < 1.29 is 0 Å². The average molecular weight is 163 g/mol. The van der Waals surface area contributed by atoms with Gasteiger partial charge in [-0.1, -0.05) is 0 Å². The Morgan fingerprint density at radius 3 is 1.67 bits per heavy atom. The van der Waals surface area contributed by atoms with Crippen LogP contribution in [0.5, 0.6) is 0 Å². The molecule has 2 fully saturated rings. The summed E-state index contributed by atoms with van der Waals surface area (Å²) < 4.78 is 4.41. The van der Waals surface area contributed by atoms with E-state index >= 15 is 0 Å². The monoisotopic (exact) mass is 163 g/mol. The highest BCUT2D eigenvalue weighted by Crippen LogP contribution is 2.53. The van der Waals surface area contributed by atoms with Crippen LogP contribution in [-0.2, 0) is 11.8 Å². The second-order valence-corrected chi connectivity index (χ2v) is 6.42. The molecule has 9 heavy (non-hydrogen) atoms. The summed E-state index contributed by atoms with van der Waals surface area (Å²) in [6.07, 6.45) is 0. The predicted molar refractivity (Wildman–Crippen MR) is 41.6 cm³/mol. The van der Waals surface area contributed by atoms with Crippen molar-refractivity contribution in [2.24, 2.45) is 5.50 Å². The summed E-state index contributed by atoms with van der Waals surface area (Å²) in [6, 6.07) is 0. The normalized spacial score (nSPS) is 28.6. The van der Waals surface area contributed by atoms with Crippen LogP contribution in [0.4, 0.5) is 0 Å². The van der Waals surface area contributed by atoms with Crippen LogP contribution in [0.15, 0.2) is 0 Å². The van der Waals surface area contributed by atoms with Crippen LogP contribution < -0.4 is 5.50 Å². The van der Waals surface area contributed by atoms with Crippen LogP contribution in [0.1, 0.15) is 0 Å². The Balaban J connectivity index is 2.10. The van der Waals surface area contributed by atoms with Gasteiger partial charge in [0, 0.05) is 26.2 Å². The van der Waals surface area contributed by atoms with Gasteiger partial charge >= 0.3 is 0 Å². The highest BCUT2D eigenvalue weighted by molar-refractivity contribution is 8.11. The number of rotatable bonds is 2. The molecule has 0 aromatic heterocycles. The summed E-state index contributed by atoms with van der Waals surface area (Å²) in [5.74, 6) is 0. The Hall–Kier alpha value is 0.530. The van der Waals surface area contributed by atoms with Gasteiger partial charge in [0.15, 0.2) is 0 Å². The van der Waals surface area contributed by atoms with Crippen LogP contribution >= 0.6 is 6.49 Å². The molecule has 0 aromatic rings. The van der Waals surface area contributed by atoms with E-state index in [1.54, 1.807) is 0 Å². The second-order valence-electron chi connectivity index (χ2n) is 2.50. The Morgan fingerprint density at radius 2 is 1.44 bits per heavy atom. The summed E-state index contributed by atoms with van der Waals surface area (Å²) in [5.41, 5.74) is 5.91. The lowest BCUT2D eigenvalue weighted by molar-refractivity contribution is 0.792. The van der Waals surface area contributed by atoms with Crippen molar-refractivity contribution in [1.82, 2.24) is 9.34 Å². The van der Waals surface area contributed by atoms with Crippen LogP contribution in [0.2, 0.25) is 0 Å². The maximum absolute atomic E-state index is 5.91. The van der Waals surface area contributed by atoms with Crippen molar-refractivity contribution in [2.45, 2.75) is 0 Å². The van der Waals surface area contributed by atoms with Crippen LogP contribution in [-0.4, -0.2) is 35.5 Å². The van der Waals surface area contributed by atoms with Crippen molar-refractivity contribution >= 4 is 18.3 Å². The Bertz CT molecular complexity index is 159. The van der Waals surface area contributed by atoms with Gasteiger partial charge in [-0.2, -0.15) is 0 Å². The maximum atomic E-state index is 5.91. The molecule has 2 heterocycles. The highest BCUT2D eigenvalue weighted by atomic mass is 32.4. The molecule has 2 aliphatic rings. The minimum atomic E-state index is -1.61. The fraction of sp³-hybridized carbons (Fsp3) is 1.00. The third-order valence-electron chi connectivity index (χ3n) is 1.66. The van der Waals surface area contributed by atoms with Gasteiger partial charge in [-0.15, -0.1) is 0 Å². The molecule has 2 rings (SSSR count). The van der Waals surface area contributed by atoms with Crippen LogP contribution in [0, 0.1) is 0 Å². The molecule has 2 aliphatic heterocycles. The van der Waals surface area contributed by atoms with Crippen LogP contribution in [0.25, 0.3) is 0 Å². The van der Waals surface area contributed by atoms with Gasteiger partial charge in [-0.25, -0.2) is 9.34 Å². The van der Waals surface area contributed by atoms with E-state index in [0.717, 1.165) is 26.2 Å². The quantitative estimate of drug-likeness (QED) is 0.451. The predicted octanol–water partition coefficient (Wildman–Crippen LogP) is -0.199. The average Bonchev–Trinajstić information content (AvgIpc) is 2.62. The standard InChI is InChI=1S/C4H10N3PS/c5-8(9,6-1-2-6)7-3-4-7/h1-4H2,(H2,5,9). The summed E-state index contributed by atoms with van der Waals surface area (Å²) in [6.45, 7) is 2.90. The van der Waals surface area contributed by atoms with E-state index in [9.17, 15) is 0 Å². The van der Waals surface area contributed by atoms with Gasteiger partial charge in [-0.05, 0) is 11.8 Å². The van der Waals surface area contributed by atoms with Crippen molar-refractivity contribution in [1.29, 1.82) is 0 Å². The molecule has 2 saturated heterocycles. The Morgan fingerprint density at radius 1 is 1.11 bits per heavy atom. The van der Waals surface area contributed by atoms with E-state index in [2.05, 4.69) is 9.34 Å². The van der Waals surface area contributed by atoms with Gasteiger partial charge in [0.1, 0.15) is 6.49 Å². The lowest BCUT2D eigenvalue weighted by Gasteiger charge is -2.17. The van der Waals surface area contributed by atoms with E-state index < -0.39 is 6.49 Å². The van der Waals surface area contributed by atoms with Gasteiger partial charge in [0.2, 0.25) is 0 Å². The molecule has 3 nitrogen and oxygen atoms in total. The SMILES string of the molecule is NP(=S)(N1CC1)N1CC1. The molecule has 0 radical (unpaired) electrons. The molecule has 2 N–H and O–H groups in total. The van der Waals surface area contributed by atoms with E-state index in [1.807, 2.05) is 0 Å². The van der Waals surface area contributed by atoms with Gasteiger partial charge in [0.25, 0.3) is 0 Å². The Kier molecular flexibility index (Phi) is 1.23. The number of hydrogen-bond donors (Lipinski definition) is 1. The minimum Gasteiger partial charge on any atom is -0.279 e. The fourth-order valence-corrected chi connectivity index (χ4v) is 3.50. The largest absolute Gasteiger partial charge is 0.279 e. The molecule has 0 aromatic carbocycles. The highest BCUT2D eigenvalue weighted by Gasteiger charge is 2.40. The minimum absolute atomic E-state index is 1.13. The van der Waals surface area contributed by atoms with E-state index in [4.69, 9.17) is 17.3 Å². The molecule has 0 unspecified atom stereocenters. The molecule has 0 amide bonds. The third-order valence-corrected chi connectivity index (χ3v) is 5.46. The van der Waals surface area contributed by atoms with Crippen molar-refractivity contribution in [3.8, 4) is 0 Å². The molecule has 0 bridgehead atoms. The number of nitrogens with two attached hydrogens (primary N) is 1. The fourth-order valence-electron chi connectivity index (χ4n) is 0.841. The number of nitrogens with zero attached hydrogens (tertiary/aromatic N) is 2. The molecular formula is C4H10N3PS. The Labute approximate surface area is 60.0 Å². The van der Waals surface area contributed by atoms with Gasteiger partial charge < -0.3 is 0 Å². The zero-order valence-electron chi connectivity index (χ0n) is 5.16. The first-order valence-electron chi connectivity index (χ1n) is 3.11. The number of hydrogen-bond acceptors (Lipinski definition) is 1. The first kappa shape index (κ1) is 6.25. The van der Waals surface area contributed by atoms with E-state index in [0.29, 0.717) is 0 Å². The molecular weight excluding hydrogens is 153 g/mol. The lowest BCUT2D eigenvalue weighted by Crippen LogP contribution is -2.11. The summed E-state index contributed by atoms with van der Waals surface area (Å²) in [5, 5.41) is 0. The second kappa shape index (κ2) is 1.77. The molecule has 0 aliphatic carbocycles. The van der Waals surface area contributed by atoms with Crippen LogP contribution in [0.3, 0.4) is 0 Å². The first-order valence-corrected chi connectivity index (χ1v) is 5.88. The maximum Gasteiger partial charge on any atom is 0.140 e. The van der Waals surface area contributed by atoms with Gasteiger partial charge in [0.05, 0.1) is 0 Å². The molecule has 5 heteroatoms. The summed E-state index contributed by atoms with van der Waals surface area (Å²) in [7, 11) is 0. The van der Waals surface area contributed by atoms with Crippen molar-refractivity contribution in [3.05, 3.63) is 0 Å². The van der Waals surface area contributed by atoms with E-state index in [1.165, 1.54) is 0 Å². The zero-order valence-corrected chi connectivity index (χ0v) is 6.87. The summed E-state index contributed by atoms with van der Waals surface area (Å²) in [4.78, 5) is 0. The molecule has 0 saturated carbocycles. The van der Waals surface area contributed by atoms with E-state index in [-0.39, 0.29) is 0 Å². The van der Waals surface area contributed by atoms with Gasteiger partial charge in [-0.3, -0.25) is 5.50 Å².